The van der Waals surface area contributed by atoms with Crippen molar-refractivity contribution >= 4 is 31.8 Å². The number of carbonyl (C=O) groups is 4. The van der Waals surface area contributed by atoms with E-state index in [1.807, 2.05) is 205 Å². The maximum atomic E-state index is 15.4. The molecule has 5 N–H and O–H groups in total. The molecule has 5 atom stereocenters. The van der Waals surface area contributed by atoms with Crippen LogP contribution in [0, 0.1) is 10.8 Å². The minimum Gasteiger partial charge on any atom is -0.453 e. The van der Waals surface area contributed by atoms with Gasteiger partial charge in [-0.25, -0.2) is 14.2 Å². The Bertz CT molecular complexity index is 2880. The number of methoxy groups -OCH3 is 1. The molecule has 16 heteroatoms. The number of phosphoric ester groups is 1. The number of benzene rings is 5. The summed E-state index contributed by atoms with van der Waals surface area (Å²) < 4.78 is 24.7. The molecule has 2 heterocycles. The van der Waals surface area contributed by atoms with Crippen molar-refractivity contribution in [2.75, 3.05) is 20.2 Å². The third-order valence-corrected chi connectivity index (χ3v) is 14.8. The molecule has 77 heavy (non-hydrogen) atoms. The predicted molar refractivity (Wildman–Crippen MR) is 298 cm³/mol. The van der Waals surface area contributed by atoms with Gasteiger partial charge in [-0.3, -0.25) is 19.1 Å². The van der Waals surface area contributed by atoms with Gasteiger partial charge in [0, 0.05) is 42.9 Å². The molecule has 1 aromatic heterocycles. The van der Waals surface area contributed by atoms with Crippen LogP contribution in [-0.2, 0) is 54.6 Å². The van der Waals surface area contributed by atoms with Crippen LogP contribution in [0.2, 0.25) is 0 Å². The Kier molecular flexibility index (Phi) is 18.9. The van der Waals surface area contributed by atoms with Crippen molar-refractivity contribution in [2.45, 2.75) is 109 Å². The van der Waals surface area contributed by atoms with E-state index in [9.17, 15) is 23.9 Å². The molecule has 0 aliphatic carbocycles. The Hall–Kier alpha value is -7.16. The van der Waals surface area contributed by atoms with E-state index in [1.165, 1.54) is 7.11 Å². The van der Waals surface area contributed by atoms with E-state index in [-0.39, 0.29) is 38.3 Å². The zero-order valence-electron chi connectivity index (χ0n) is 45.0. The van der Waals surface area contributed by atoms with Crippen LogP contribution >= 0.6 is 7.82 Å². The maximum absolute atomic E-state index is 15.4. The van der Waals surface area contributed by atoms with Gasteiger partial charge in [-0.1, -0.05) is 193 Å². The molecule has 15 nitrogen and oxygen atoms in total. The number of aromatic nitrogens is 1. The molecule has 0 bridgehead atoms. The average Bonchev–Trinajstić information content (AvgIpc) is 3.75. The second-order valence-corrected chi connectivity index (χ2v) is 23.3. The largest absolute Gasteiger partial charge is 0.469 e. The first-order chi connectivity index (χ1) is 36.6. The fourth-order valence-electron chi connectivity index (χ4n) is 10.6. The van der Waals surface area contributed by atoms with Crippen LogP contribution in [0.15, 0.2) is 170 Å². The number of urea groups is 1. The van der Waals surface area contributed by atoms with Crippen LogP contribution in [-0.4, -0.2) is 99.0 Å². The molecule has 5 aromatic carbocycles. The van der Waals surface area contributed by atoms with Crippen LogP contribution in [0.1, 0.15) is 75.8 Å². The van der Waals surface area contributed by atoms with Crippen LogP contribution < -0.4 is 16.0 Å². The lowest BCUT2D eigenvalue weighted by Crippen LogP contribution is -2.62. The van der Waals surface area contributed by atoms with Gasteiger partial charge in [-0.15, -0.1) is 0 Å². The van der Waals surface area contributed by atoms with Crippen molar-refractivity contribution in [2.24, 2.45) is 10.8 Å². The quantitative estimate of drug-likeness (QED) is 0.0408. The third kappa shape index (κ3) is 15.5. The smallest absolute Gasteiger partial charge is 0.453 e. The Morgan fingerprint density at radius 1 is 0.649 bits per heavy atom. The molecular formula is C61H73N6O9P. The number of carbonyl (C=O) groups excluding carboxylic acids is 4. The molecule has 7 rings (SSSR count). The predicted octanol–water partition coefficient (Wildman–Crippen LogP) is 9.68. The molecule has 1 saturated heterocycles. The molecule has 1 aliphatic rings. The zero-order chi connectivity index (χ0) is 55.4. The average molecular weight is 1070 g/mol. The fraction of sp³-hybridized carbons (Fsp3) is 0.361. The van der Waals surface area contributed by atoms with Crippen molar-refractivity contribution in [3.8, 4) is 11.3 Å². The van der Waals surface area contributed by atoms with Gasteiger partial charge in [-0.05, 0) is 76.5 Å². The first-order valence-electron chi connectivity index (χ1n) is 26.1. The number of nitrogens with one attached hydrogen (secondary N) is 3. The summed E-state index contributed by atoms with van der Waals surface area (Å²) in [4.78, 5) is 88.2. The fourth-order valence-corrected chi connectivity index (χ4v) is 11.1. The first-order valence-corrected chi connectivity index (χ1v) is 27.6. The second kappa shape index (κ2) is 25.3. The Labute approximate surface area is 453 Å². The number of hydrogen-bond donors (Lipinski definition) is 5. The van der Waals surface area contributed by atoms with Crippen LogP contribution in [0.5, 0.6) is 0 Å². The summed E-state index contributed by atoms with van der Waals surface area (Å²) in [5.74, 6) is -1.14. The Balaban J connectivity index is 1.42. The van der Waals surface area contributed by atoms with Gasteiger partial charge >= 0.3 is 19.9 Å². The lowest BCUT2D eigenvalue weighted by atomic mass is 9.64. The molecule has 1 fully saturated rings. The van der Waals surface area contributed by atoms with Crippen LogP contribution in [0.25, 0.3) is 11.3 Å². The monoisotopic (exact) mass is 1060 g/mol. The van der Waals surface area contributed by atoms with E-state index in [4.69, 9.17) is 9.26 Å². The van der Waals surface area contributed by atoms with Gasteiger partial charge in [0.2, 0.25) is 11.8 Å². The van der Waals surface area contributed by atoms with Gasteiger partial charge in [0.1, 0.15) is 12.1 Å². The highest BCUT2D eigenvalue weighted by molar-refractivity contribution is 7.46. The standard InChI is InChI=1S/C61H73N6O9P/c1-59(2,3)53(65-57(70)75-7)55(68)64-52(61(40-44-24-14-9-15-25-44,41-45-26-16-10-17-27-45)48-33-31-47(32-34-48)49-30-20-21-35-62-49)39-51(76-77(72,73)74)50(38-43-22-12-8-13-23-43)63-56(69)54(60(4,5)6)67-37-36-66(58(67)71)42-46-28-18-11-19-29-46/h8-35,50-54H,36-42H2,1-7H3,(H,63,69)(H,64,68)(H,65,70)(H2,72,73,74)/t50?,51-,52-,53+,54+/m0/s1. The molecule has 0 saturated carbocycles. The molecule has 0 spiro atoms. The lowest BCUT2D eigenvalue weighted by Gasteiger charge is -2.46. The highest BCUT2D eigenvalue weighted by Crippen LogP contribution is 2.44. The van der Waals surface area contributed by atoms with Gasteiger partial charge in [0.05, 0.1) is 24.9 Å². The van der Waals surface area contributed by atoms with E-state index in [0.717, 1.165) is 39.1 Å². The number of rotatable bonds is 22. The molecule has 6 aromatic rings. The molecule has 0 radical (unpaired) electrons. The summed E-state index contributed by atoms with van der Waals surface area (Å²) in [5, 5.41) is 9.31. The van der Waals surface area contributed by atoms with E-state index in [1.54, 1.807) is 16.0 Å². The topological polar surface area (TPSA) is 200 Å². The van der Waals surface area contributed by atoms with E-state index < -0.39 is 72.2 Å². The molecule has 1 aliphatic heterocycles. The van der Waals surface area contributed by atoms with E-state index >= 15 is 9.59 Å². The summed E-state index contributed by atoms with van der Waals surface area (Å²) in [6.07, 6.45) is -0.334. The summed E-state index contributed by atoms with van der Waals surface area (Å²) in [6, 6.07) is 47.1. The number of hydrogen-bond acceptors (Lipinski definition) is 8. The minimum absolute atomic E-state index is 0.0283. The summed E-state index contributed by atoms with van der Waals surface area (Å²) >= 11 is 0. The van der Waals surface area contributed by atoms with Gasteiger partial charge in [-0.2, -0.15) is 0 Å². The second-order valence-electron chi connectivity index (χ2n) is 22.1. The van der Waals surface area contributed by atoms with Gasteiger partial charge in [0.25, 0.3) is 0 Å². The zero-order valence-corrected chi connectivity index (χ0v) is 45.9. The minimum atomic E-state index is -5.42. The van der Waals surface area contributed by atoms with E-state index in [2.05, 4.69) is 20.9 Å². The van der Waals surface area contributed by atoms with Crippen molar-refractivity contribution in [1.82, 2.24) is 30.7 Å². The van der Waals surface area contributed by atoms with Gasteiger partial charge < -0.3 is 40.3 Å². The Morgan fingerprint density at radius 2 is 1.18 bits per heavy atom. The molecule has 5 amide bonds. The number of amides is 5. The van der Waals surface area contributed by atoms with Crippen molar-refractivity contribution in [3.05, 3.63) is 198 Å². The van der Waals surface area contributed by atoms with E-state index in [0.29, 0.717) is 13.1 Å². The maximum Gasteiger partial charge on any atom is 0.469 e. The van der Waals surface area contributed by atoms with Gasteiger partial charge in [0.15, 0.2) is 0 Å². The normalized spacial score (nSPS) is 15.2. The number of ether oxygens (including phenoxy) is 1. The van der Waals surface area contributed by atoms with Crippen LogP contribution in [0.3, 0.4) is 0 Å². The third-order valence-electron chi connectivity index (χ3n) is 14.2. The highest BCUT2D eigenvalue weighted by Gasteiger charge is 2.49. The summed E-state index contributed by atoms with van der Waals surface area (Å²) in [6.45, 7) is 12.0. The van der Waals surface area contributed by atoms with Crippen molar-refractivity contribution < 1.29 is 42.8 Å². The number of nitrogens with zero attached hydrogens (tertiary/aromatic N) is 3. The number of phosphoric acid groups is 1. The number of alkyl carbamates (subject to hydrolysis) is 1. The SMILES string of the molecule is COC(=O)N[C@H](C(=O)N[C@@H](C[C@H](OP(=O)(O)O)C(Cc1ccccc1)NC(=O)[C@@H](N1CCN(Cc2ccccc2)C1=O)C(C)(C)C)C(Cc1ccccc1)(Cc1ccccc1)c1ccc(-c2ccccn2)cc1)C(C)(C)C. The molecule has 1 unspecified atom stereocenters. The molecular weight excluding hydrogens is 992 g/mol. The number of pyridine rings is 1. The highest BCUT2D eigenvalue weighted by atomic mass is 31.2. The van der Waals surface area contributed by atoms with Crippen molar-refractivity contribution in [1.29, 1.82) is 0 Å². The lowest BCUT2D eigenvalue weighted by molar-refractivity contribution is -0.131. The Morgan fingerprint density at radius 3 is 1.68 bits per heavy atom. The molecule has 406 valence electrons. The summed E-state index contributed by atoms with van der Waals surface area (Å²) in [5.41, 5.74) is 2.90. The first kappa shape index (κ1) is 57.5. The van der Waals surface area contributed by atoms with Crippen molar-refractivity contribution in [3.63, 3.8) is 0 Å². The van der Waals surface area contributed by atoms with Crippen LogP contribution in [0.4, 0.5) is 9.59 Å². The summed E-state index contributed by atoms with van der Waals surface area (Å²) in [7, 11) is -4.21.